The van der Waals surface area contributed by atoms with Crippen LogP contribution < -0.4 is 19.8 Å². The molecule has 16 nitrogen and oxygen atoms in total. The molecule has 0 amide bonds. The van der Waals surface area contributed by atoms with Crippen LogP contribution >= 0.6 is 0 Å². The normalized spacial score (nSPS) is 14.6. The molecule has 0 bridgehead atoms. The highest BCUT2D eigenvalue weighted by Crippen LogP contribution is 2.34. The quantitative estimate of drug-likeness (QED) is 0.0984. The zero-order chi connectivity index (χ0) is 36.7. The number of benzene rings is 4. The molecule has 0 saturated carbocycles. The molecule has 272 valence electrons. The molecule has 1 saturated heterocycles. The number of non-ortho nitro benzene ring substituents is 1. The molecule has 6 rings (SSSR count). The maximum atomic E-state index is 14.0. The first-order valence-corrected chi connectivity index (χ1v) is 17.9. The molecule has 0 aliphatic carbocycles. The van der Waals surface area contributed by atoms with E-state index >= 15 is 0 Å². The van der Waals surface area contributed by atoms with Gasteiger partial charge < -0.3 is 19.5 Å². The zero-order valence-electron chi connectivity index (χ0n) is 28.0. The number of hydrazone groups is 1. The van der Waals surface area contributed by atoms with Crippen molar-refractivity contribution in [2.24, 2.45) is 5.10 Å². The molecule has 1 fully saturated rings. The molecule has 2 aliphatic rings. The smallest absolute Gasteiger partial charge is 0.293 e. The minimum atomic E-state index is -4.34. The Hall–Kier alpha value is -5.62. The lowest BCUT2D eigenvalue weighted by molar-refractivity contribution is -0.385. The Labute approximate surface area is 299 Å². The maximum absolute atomic E-state index is 14.0. The summed E-state index contributed by atoms with van der Waals surface area (Å²) in [5, 5.41) is 37.4. The Morgan fingerprint density at radius 1 is 0.885 bits per heavy atom. The fraction of sp³-hybridized carbons (Fsp3) is 0.286. The van der Waals surface area contributed by atoms with Gasteiger partial charge in [0.2, 0.25) is 16.8 Å². The number of fused-ring (bicyclic) bond motifs is 1. The Morgan fingerprint density at radius 2 is 1.65 bits per heavy atom. The Bertz CT molecular complexity index is 2060. The van der Waals surface area contributed by atoms with Crippen LogP contribution in [0.2, 0.25) is 0 Å². The van der Waals surface area contributed by atoms with E-state index in [-0.39, 0.29) is 49.2 Å². The average Bonchev–Trinajstić information content (AvgIpc) is 3.62. The third-order valence-corrected chi connectivity index (χ3v) is 10.6. The summed E-state index contributed by atoms with van der Waals surface area (Å²) in [6.07, 6.45) is 1.46. The highest BCUT2D eigenvalue weighted by atomic mass is 32.2. The third-order valence-electron chi connectivity index (χ3n) is 8.71. The molecule has 0 unspecified atom stereocenters. The lowest BCUT2D eigenvalue weighted by Gasteiger charge is -2.35. The van der Waals surface area contributed by atoms with E-state index in [1.807, 2.05) is 23.1 Å². The second kappa shape index (κ2) is 16.2. The highest BCUT2D eigenvalue weighted by Gasteiger charge is 2.30. The molecule has 4 aromatic rings. The van der Waals surface area contributed by atoms with Crippen molar-refractivity contribution >= 4 is 39.0 Å². The molecular weight excluding hydrogens is 694 g/mol. The monoisotopic (exact) mass is 731 g/mol. The van der Waals surface area contributed by atoms with Gasteiger partial charge in [0.25, 0.3) is 11.4 Å². The lowest BCUT2D eigenvalue weighted by atomic mass is 10.1. The number of piperazine rings is 1. The van der Waals surface area contributed by atoms with Gasteiger partial charge >= 0.3 is 0 Å². The van der Waals surface area contributed by atoms with Crippen LogP contribution in [0.1, 0.15) is 23.1 Å². The molecule has 4 aromatic carbocycles. The minimum absolute atomic E-state index is 0.0282. The number of hydrogen-bond donors (Lipinski definition) is 2. The SMILES string of the molecule is O=[N+]([O-])c1ccc(N/N=C\c2ccc(N3CCN(Cc4ccc5c(c4)OCO5)CC3)c([N+](=O)[O-])c2)c(S(=O)(=O)N(CCCO)Cc2ccccc2)c1. The summed E-state index contributed by atoms with van der Waals surface area (Å²) >= 11 is 0. The largest absolute Gasteiger partial charge is 0.454 e. The van der Waals surface area contributed by atoms with E-state index in [9.17, 15) is 33.8 Å². The molecule has 0 spiro atoms. The van der Waals surface area contributed by atoms with E-state index < -0.39 is 25.6 Å². The lowest BCUT2D eigenvalue weighted by Crippen LogP contribution is -2.46. The molecule has 0 atom stereocenters. The molecule has 52 heavy (non-hydrogen) atoms. The first-order valence-electron chi connectivity index (χ1n) is 16.5. The number of aliphatic hydroxyl groups is 1. The van der Waals surface area contributed by atoms with Crippen LogP contribution in [-0.4, -0.2) is 84.9 Å². The van der Waals surface area contributed by atoms with Crippen molar-refractivity contribution < 1.29 is 32.8 Å². The Morgan fingerprint density at radius 3 is 2.38 bits per heavy atom. The van der Waals surface area contributed by atoms with Crippen LogP contribution in [-0.2, 0) is 23.1 Å². The number of nitrogens with one attached hydrogen (secondary N) is 1. The minimum Gasteiger partial charge on any atom is -0.454 e. The van der Waals surface area contributed by atoms with Crippen molar-refractivity contribution in [3.63, 3.8) is 0 Å². The van der Waals surface area contributed by atoms with Gasteiger partial charge in [-0.25, -0.2) is 8.42 Å². The first-order chi connectivity index (χ1) is 25.1. The molecule has 2 heterocycles. The Kier molecular flexibility index (Phi) is 11.2. The van der Waals surface area contributed by atoms with E-state index in [0.29, 0.717) is 49.5 Å². The van der Waals surface area contributed by atoms with Gasteiger partial charge in [0, 0.05) is 76.2 Å². The summed E-state index contributed by atoms with van der Waals surface area (Å²) < 4.78 is 40.0. The number of nitro benzene ring substituents is 2. The predicted octanol–water partition coefficient (Wildman–Crippen LogP) is 4.57. The topological polar surface area (TPSA) is 193 Å². The van der Waals surface area contributed by atoms with E-state index in [1.165, 1.54) is 18.3 Å². The van der Waals surface area contributed by atoms with Crippen molar-refractivity contribution in [3.8, 4) is 11.5 Å². The van der Waals surface area contributed by atoms with Gasteiger partial charge in [-0.05, 0) is 41.8 Å². The van der Waals surface area contributed by atoms with E-state index in [0.717, 1.165) is 33.5 Å². The van der Waals surface area contributed by atoms with Crippen molar-refractivity contribution in [3.05, 3.63) is 122 Å². The Balaban J connectivity index is 1.17. The first kappa shape index (κ1) is 36.2. The zero-order valence-corrected chi connectivity index (χ0v) is 28.9. The van der Waals surface area contributed by atoms with Gasteiger partial charge in [0.15, 0.2) is 11.5 Å². The number of rotatable bonds is 15. The third kappa shape index (κ3) is 8.46. The second-order valence-electron chi connectivity index (χ2n) is 12.2. The molecule has 2 N–H and O–H groups in total. The molecule has 2 aliphatic heterocycles. The summed E-state index contributed by atoms with van der Waals surface area (Å²) in [6, 6.07) is 22.8. The van der Waals surface area contributed by atoms with Crippen molar-refractivity contribution in [1.29, 1.82) is 0 Å². The van der Waals surface area contributed by atoms with Gasteiger partial charge in [-0.1, -0.05) is 42.5 Å². The number of nitro groups is 2. The van der Waals surface area contributed by atoms with Gasteiger partial charge in [0.1, 0.15) is 10.6 Å². The molecule has 17 heteroatoms. The summed E-state index contributed by atoms with van der Waals surface area (Å²) in [7, 11) is -4.34. The van der Waals surface area contributed by atoms with Gasteiger partial charge in [0.05, 0.1) is 21.7 Å². The second-order valence-corrected chi connectivity index (χ2v) is 14.1. The number of nitrogens with zero attached hydrogens (tertiary/aromatic N) is 6. The predicted molar refractivity (Wildman–Crippen MR) is 193 cm³/mol. The fourth-order valence-corrected chi connectivity index (χ4v) is 7.67. The van der Waals surface area contributed by atoms with Crippen LogP contribution in [0.5, 0.6) is 11.5 Å². The summed E-state index contributed by atoms with van der Waals surface area (Å²) in [5.74, 6) is 1.45. The van der Waals surface area contributed by atoms with Crippen LogP contribution in [0.3, 0.4) is 0 Å². The number of ether oxygens (including phenoxy) is 2. The standard InChI is InChI=1S/C35H37N7O9S/c43-18-4-13-40(24-26-5-2-1-3-6-26)52(48,49)35-21-29(41(44)45)9-10-30(35)37-36-22-27-7-11-31(32(19-27)42(46)47)39-16-14-38(15-17-39)23-28-8-12-33-34(20-28)51-25-50-33/h1-3,5-12,19-22,37,43H,4,13-18,23-25H2/b36-22-. The summed E-state index contributed by atoms with van der Waals surface area (Å²) in [5.41, 5.74) is 4.72. The van der Waals surface area contributed by atoms with Crippen LogP contribution in [0.15, 0.2) is 94.9 Å². The molecule has 0 aromatic heterocycles. The van der Waals surface area contributed by atoms with Crippen molar-refractivity contribution in [2.45, 2.75) is 24.4 Å². The molecular formula is C35H37N7O9S. The number of anilines is 2. The van der Waals surface area contributed by atoms with Gasteiger partial charge in [-0.2, -0.15) is 9.41 Å². The number of sulfonamides is 1. The average molecular weight is 732 g/mol. The maximum Gasteiger partial charge on any atom is 0.293 e. The van der Waals surface area contributed by atoms with Crippen molar-refractivity contribution in [1.82, 2.24) is 9.21 Å². The van der Waals surface area contributed by atoms with Crippen LogP contribution in [0, 0.1) is 20.2 Å². The van der Waals surface area contributed by atoms with Crippen LogP contribution in [0.4, 0.5) is 22.7 Å². The van der Waals surface area contributed by atoms with Gasteiger partial charge in [-0.15, -0.1) is 0 Å². The van der Waals surface area contributed by atoms with Crippen molar-refractivity contribution in [2.75, 3.05) is 56.4 Å². The summed E-state index contributed by atoms with van der Waals surface area (Å²) in [6.45, 7) is 3.15. The highest BCUT2D eigenvalue weighted by molar-refractivity contribution is 7.89. The fourth-order valence-electron chi connectivity index (χ4n) is 6.04. The van der Waals surface area contributed by atoms with E-state index in [4.69, 9.17) is 9.47 Å². The van der Waals surface area contributed by atoms with E-state index in [1.54, 1.807) is 42.5 Å². The van der Waals surface area contributed by atoms with Crippen LogP contribution in [0.25, 0.3) is 0 Å². The number of aliphatic hydroxyl groups excluding tert-OH is 1. The summed E-state index contributed by atoms with van der Waals surface area (Å²) in [4.78, 5) is 26.5. The van der Waals surface area contributed by atoms with E-state index in [2.05, 4.69) is 15.4 Å². The molecule has 0 radical (unpaired) electrons. The van der Waals surface area contributed by atoms with Gasteiger partial charge in [-0.3, -0.25) is 30.6 Å². The number of hydrogen-bond acceptors (Lipinski definition) is 13.